The van der Waals surface area contributed by atoms with Gasteiger partial charge in [-0.1, -0.05) is 27.7 Å². The molecule has 1 rings (SSSR count). The molecule has 0 aliphatic rings. The van der Waals surface area contributed by atoms with E-state index in [1.54, 1.807) is 6.07 Å². The summed E-state index contributed by atoms with van der Waals surface area (Å²) in [6.07, 6.45) is 1.49. The zero-order valence-electron chi connectivity index (χ0n) is 10.4. The fourth-order valence-corrected chi connectivity index (χ4v) is 1.07. The van der Waals surface area contributed by atoms with Crippen LogP contribution >= 0.6 is 15.9 Å². The van der Waals surface area contributed by atoms with Gasteiger partial charge in [0.05, 0.1) is 12.8 Å². The first-order valence-corrected chi connectivity index (χ1v) is 5.93. The molecule has 0 amide bonds. The summed E-state index contributed by atoms with van der Waals surface area (Å²) >= 11 is 3.17. The van der Waals surface area contributed by atoms with Crippen molar-refractivity contribution in [3.63, 3.8) is 0 Å². The van der Waals surface area contributed by atoms with Gasteiger partial charge < -0.3 is 10.5 Å². The van der Waals surface area contributed by atoms with Crippen molar-refractivity contribution in [3.8, 4) is 0 Å². The Labute approximate surface area is 105 Å². The van der Waals surface area contributed by atoms with Crippen LogP contribution in [-0.2, 0) is 4.74 Å². The molecule has 0 unspecified atom stereocenters. The van der Waals surface area contributed by atoms with Crippen molar-refractivity contribution in [1.82, 2.24) is 4.98 Å². The van der Waals surface area contributed by atoms with E-state index in [4.69, 9.17) is 5.73 Å². The van der Waals surface area contributed by atoms with Crippen molar-refractivity contribution >= 4 is 27.6 Å². The van der Waals surface area contributed by atoms with Gasteiger partial charge in [0.2, 0.25) is 0 Å². The molecular weight excluding hydrogens is 272 g/mol. The van der Waals surface area contributed by atoms with Crippen molar-refractivity contribution in [2.24, 2.45) is 0 Å². The number of nitrogen functional groups attached to an aromatic ring is 1. The molecule has 2 N–H and O–H groups in total. The lowest BCUT2D eigenvalue weighted by molar-refractivity contribution is 0.0595. The van der Waals surface area contributed by atoms with Crippen molar-refractivity contribution in [1.29, 1.82) is 0 Å². The molecule has 0 fully saturated rings. The van der Waals surface area contributed by atoms with Crippen LogP contribution < -0.4 is 5.73 Å². The number of pyridine rings is 1. The second-order valence-electron chi connectivity index (χ2n) is 2.08. The van der Waals surface area contributed by atoms with Gasteiger partial charge in [0, 0.05) is 10.7 Å². The number of halogens is 1. The van der Waals surface area contributed by atoms with Crippen LogP contribution in [-0.4, -0.2) is 18.1 Å². The number of carbonyl (C=O) groups excluding carboxylic acids is 1. The molecule has 16 heavy (non-hydrogen) atoms. The number of aromatic nitrogens is 1. The van der Waals surface area contributed by atoms with Gasteiger partial charge in [-0.25, -0.2) is 9.78 Å². The highest BCUT2D eigenvalue weighted by Crippen LogP contribution is 2.15. The van der Waals surface area contributed by atoms with E-state index in [0.29, 0.717) is 5.69 Å². The van der Waals surface area contributed by atoms with Crippen LogP contribution in [0.2, 0.25) is 0 Å². The number of methoxy groups -OCH3 is 1. The summed E-state index contributed by atoms with van der Waals surface area (Å²) in [7, 11) is 1.28. The van der Waals surface area contributed by atoms with Gasteiger partial charge in [-0.2, -0.15) is 0 Å². The number of carbonyl (C=O) groups is 1. The topological polar surface area (TPSA) is 65.2 Å². The van der Waals surface area contributed by atoms with E-state index in [1.165, 1.54) is 13.3 Å². The predicted octanol–water partition coefficient (Wildman–Crippen LogP) is 3.27. The number of rotatable bonds is 1. The third kappa shape index (κ3) is 5.70. The molecule has 4 nitrogen and oxygen atoms in total. The molecular formula is C11H19BrN2O2. The summed E-state index contributed by atoms with van der Waals surface area (Å²) in [5, 5.41) is 0. The minimum absolute atomic E-state index is 0.140. The molecule has 92 valence electrons. The molecule has 0 saturated carbocycles. The highest BCUT2D eigenvalue weighted by atomic mass is 79.9. The van der Waals surface area contributed by atoms with Crippen LogP contribution in [0, 0.1) is 0 Å². The average molecular weight is 291 g/mol. The Balaban J connectivity index is 0. The summed E-state index contributed by atoms with van der Waals surface area (Å²) in [6.45, 7) is 8.00. The molecule has 1 aromatic rings. The number of esters is 1. The van der Waals surface area contributed by atoms with Gasteiger partial charge in [-0.05, 0) is 22.0 Å². The zero-order valence-corrected chi connectivity index (χ0v) is 12.0. The number of anilines is 1. The van der Waals surface area contributed by atoms with E-state index in [2.05, 4.69) is 25.7 Å². The molecule has 1 heterocycles. The Morgan fingerprint density at radius 1 is 1.38 bits per heavy atom. The Morgan fingerprint density at radius 2 is 1.88 bits per heavy atom. The number of ether oxygens (including phenoxy) is 1. The van der Waals surface area contributed by atoms with Crippen molar-refractivity contribution < 1.29 is 9.53 Å². The number of hydrogen-bond acceptors (Lipinski definition) is 4. The van der Waals surface area contributed by atoms with Gasteiger partial charge in [0.1, 0.15) is 0 Å². The molecule has 0 radical (unpaired) electrons. The van der Waals surface area contributed by atoms with Crippen LogP contribution in [0.15, 0.2) is 16.7 Å². The second kappa shape index (κ2) is 10.4. The van der Waals surface area contributed by atoms with Gasteiger partial charge in [0.25, 0.3) is 0 Å². The highest BCUT2D eigenvalue weighted by Gasteiger charge is 2.10. The van der Waals surface area contributed by atoms with E-state index < -0.39 is 5.97 Å². The Hall–Kier alpha value is -1.10. The van der Waals surface area contributed by atoms with E-state index in [-0.39, 0.29) is 5.69 Å². The second-order valence-corrected chi connectivity index (χ2v) is 3.00. The smallest absolute Gasteiger partial charge is 0.358 e. The van der Waals surface area contributed by atoms with Crippen LogP contribution in [0.3, 0.4) is 0 Å². The molecule has 0 aliphatic heterocycles. The third-order valence-electron chi connectivity index (χ3n) is 1.26. The van der Waals surface area contributed by atoms with E-state index in [9.17, 15) is 4.79 Å². The van der Waals surface area contributed by atoms with E-state index >= 15 is 0 Å². The standard InChI is InChI=1S/C7H7BrN2O2.2C2H6/c1-12-7(11)6-5(9)2-4(8)3-10-6;2*1-2/h2-3H,9H2,1H3;2*1-2H3. The molecule has 5 heteroatoms. The Kier molecular flexibility index (Phi) is 11.3. The third-order valence-corrected chi connectivity index (χ3v) is 1.70. The monoisotopic (exact) mass is 290 g/mol. The first kappa shape index (κ1) is 17.3. The lowest BCUT2D eigenvalue weighted by Gasteiger charge is -2.01. The Bertz CT molecular complexity index is 317. The van der Waals surface area contributed by atoms with Gasteiger partial charge in [0.15, 0.2) is 5.69 Å². The molecule has 0 atom stereocenters. The molecule has 0 spiro atoms. The fourth-order valence-electron chi connectivity index (χ4n) is 0.722. The van der Waals surface area contributed by atoms with Gasteiger partial charge in [-0.3, -0.25) is 0 Å². The van der Waals surface area contributed by atoms with Crippen molar-refractivity contribution in [2.75, 3.05) is 12.8 Å². The maximum absolute atomic E-state index is 11.0. The molecule has 0 saturated heterocycles. The SMILES string of the molecule is CC.CC.COC(=O)c1ncc(Br)cc1N. The predicted molar refractivity (Wildman–Crippen MR) is 70.4 cm³/mol. The molecule has 0 bridgehead atoms. The van der Waals surface area contributed by atoms with Crippen molar-refractivity contribution in [3.05, 3.63) is 22.4 Å². The molecule has 0 aromatic carbocycles. The summed E-state index contributed by atoms with van der Waals surface area (Å²) < 4.78 is 5.19. The fraction of sp³-hybridized carbons (Fsp3) is 0.455. The normalized spacial score (nSPS) is 7.88. The summed E-state index contributed by atoms with van der Waals surface area (Å²) in [5.41, 5.74) is 5.95. The molecule has 1 aromatic heterocycles. The van der Waals surface area contributed by atoms with Gasteiger partial charge in [-0.15, -0.1) is 0 Å². The van der Waals surface area contributed by atoms with E-state index in [0.717, 1.165) is 4.47 Å². The lowest BCUT2D eigenvalue weighted by Crippen LogP contribution is -2.07. The highest BCUT2D eigenvalue weighted by molar-refractivity contribution is 9.10. The zero-order chi connectivity index (χ0) is 13.1. The largest absolute Gasteiger partial charge is 0.464 e. The van der Waals surface area contributed by atoms with Gasteiger partial charge >= 0.3 is 5.97 Å². The van der Waals surface area contributed by atoms with Crippen LogP contribution in [0.1, 0.15) is 38.2 Å². The number of hydrogen-bond donors (Lipinski definition) is 1. The quantitative estimate of drug-likeness (QED) is 0.806. The summed E-state index contributed by atoms with van der Waals surface area (Å²) in [5.74, 6) is -0.528. The van der Waals surface area contributed by atoms with Crippen molar-refractivity contribution in [2.45, 2.75) is 27.7 Å². The first-order valence-electron chi connectivity index (χ1n) is 5.14. The Morgan fingerprint density at radius 3 is 2.25 bits per heavy atom. The molecule has 0 aliphatic carbocycles. The van der Waals surface area contributed by atoms with Crippen LogP contribution in [0.5, 0.6) is 0 Å². The summed E-state index contributed by atoms with van der Waals surface area (Å²) in [6, 6.07) is 1.60. The number of nitrogens with two attached hydrogens (primary N) is 1. The average Bonchev–Trinajstić information content (AvgIpc) is 2.33. The minimum Gasteiger partial charge on any atom is -0.464 e. The lowest BCUT2D eigenvalue weighted by atomic mass is 10.3. The van der Waals surface area contributed by atoms with E-state index in [1.807, 2.05) is 27.7 Å². The van der Waals surface area contributed by atoms with Crippen LogP contribution in [0.25, 0.3) is 0 Å². The first-order chi connectivity index (χ1) is 7.65. The van der Waals surface area contributed by atoms with Crippen LogP contribution in [0.4, 0.5) is 5.69 Å². The maximum atomic E-state index is 11.0. The number of nitrogens with zero attached hydrogens (tertiary/aromatic N) is 1. The minimum atomic E-state index is -0.528. The maximum Gasteiger partial charge on any atom is 0.358 e. The summed E-state index contributed by atoms with van der Waals surface area (Å²) in [4.78, 5) is 14.8.